The molecule has 2 aromatic carbocycles. The van der Waals surface area contributed by atoms with Gasteiger partial charge in [-0.05, 0) is 42.1 Å². The van der Waals surface area contributed by atoms with Gasteiger partial charge in [-0.2, -0.15) is 0 Å². The van der Waals surface area contributed by atoms with Gasteiger partial charge in [0.05, 0.1) is 0 Å². The van der Waals surface area contributed by atoms with E-state index in [4.69, 9.17) is 0 Å². The lowest BCUT2D eigenvalue weighted by Gasteiger charge is -2.23. The van der Waals surface area contributed by atoms with Crippen LogP contribution in [0.25, 0.3) is 10.8 Å². The summed E-state index contributed by atoms with van der Waals surface area (Å²) in [6, 6.07) is 15.1. The molecule has 110 valence electrons. The van der Waals surface area contributed by atoms with Gasteiger partial charge in [0.2, 0.25) is 0 Å². The molecule has 21 heavy (non-hydrogen) atoms. The number of fused-ring (bicyclic) bond motifs is 1. The molecule has 1 unspecified atom stereocenters. The molecule has 1 N–H and O–H groups in total. The predicted octanol–water partition coefficient (Wildman–Crippen LogP) is 3.87. The van der Waals surface area contributed by atoms with Gasteiger partial charge in [0, 0.05) is 18.9 Å². The first-order chi connectivity index (χ1) is 10.3. The Morgan fingerprint density at radius 2 is 1.95 bits per heavy atom. The second-order valence-electron chi connectivity index (χ2n) is 6.04. The van der Waals surface area contributed by atoms with Crippen molar-refractivity contribution in [1.82, 2.24) is 5.32 Å². The molecule has 0 saturated carbocycles. The van der Waals surface area contributed by atoms with Crippen LogP contribution >= 0.6 is 0 Å². The fourth-order valence-corrected chi connectivity index (χ4v) is 3.25. The summed E-state index contributed by atoms with van der Waals surface area (Å²) in [7, 11) is 0. The second kappa shape index (κ2) is 6.86. The molecule has 3 rings (SSSR count). The monoisotopic (exact) mass is 281 g/mol. The SMILES string of the molecule is O=C(CCC1CCCCN1)Cc1cccc2ccccc12. The molecule has 0 spiro atoms. The van der Waals surface area contributed by atoms with Gasteiger partial charge in [-0.1, -0.05) is 48.9 Å². The lowest BCUT2D eigenvalue weighted by Crippen LogP contribution is -2.34. The molecular formula is C19H23NO. The Labute approximate surface area is 126 Å². The average molecular weight is 281 g/mol. The van der Waals surface area contributed by atoms with Crippen LogP contribution in [0.2, 0.25) is 0 Å². The molecule has 1 aliphatic heterocycles. The second-order valence-corrected chi connectivity index (χ2v) is 6.04. The fourth-order valence-electron chi connectivity index (χ4n) is 3.25. The van der Waals surface area contributed by atoms with Gasteiger partial charge >= 0.3 is 0 Å². The van der Waals surface area contributed by atoms with Gasteiger partial charge < -0.3 is 5.32 Å². The van der Waals surface area contributed by atoms with Gasteiger partial charge in [0.1, 0.15) is 5.78 Å². The van der Waals surface area contributed by atoms with Crippen molar-refractivity contribution in [3.05, 3.63) is 48.0 Å². The number of piperidine rings is 1. The van der Waals surface area contributed by atoms with Gasteiger partial charge in [-0.3, -0.25) is 4.79 Å². The Bertz CT molecular complexity index is 608. The van der Waals surface area contributed by atoms with Crippen LogP contribution in [0.1, 0.15) is 37.7 Å². The van der Waals surface area contributed by atoms with Crippen molar-refractivity contribution in [3.8, 4) is 0 Å². The highest BCUT2D eigenvalue weighted by Crippen LogP contribution is 2.20. The van der Waals surface area contributed by atoms with E-state index in [9.17, 15) is 4.79 Å². The van der Waals surface area contributed by atoms with Crippen LogP contribution in [0.5, 0.6) is 0 Å². The van der Waals surface area contributed by atoms with E-state index in [1.54, 1.807) is 0 Å². The standard InChI is InChI=1S/C19H23NO/c21-18(12-11-17-9-3-4-13-20-17)14-16-8-5-7-15-6-1-2-10-19(15)16/h1-2,5-8,10,17,20H,3-4,9,11-14H2. The normalized spacial score (nSPS) is 18.8. The fraction of sp³-hybridized carbons (Fsp3) is 0.421. The number of carbonyl (C=O) groups excluding carboxylic acids is 1. The van der Waals surface area contributed by atoms with Crippen molar-refractivity contribution in [3.63, 3.8) is 0 Å². The number of rotatable bonds is 5. The lowest BCUT2D eigenvalue weighted by atomic mass is 9.96. The highest BCUT2D eigenvalue weighted by molar-refractivity contribution is 5.90. The van der Waals surface area contributed by atoms with Crippen molar-refractivity contribution >= 4 is 16.6 Å². The Morgan fingerprint density at radius 3 is 2.81 bits per heavy atom. The van der Waals surface area contributed by atoms with Crippen LogP contribution in [0.3, 0.4) is 0 Å². The van der Waals surface area contributed by atoms with Crippen molar-refractivity contribution < 1.29 is 4.79 Å². The van der Waals surface area contributed by atoms with Crippen LogP contribution in [-0.4, -0.2) is 18.4 Å². The average Bonchev–Trinajstić information content (AvgIpc) is 2.54. The topological polar surface area (TPSA) is 29.1 Å². The molecule has 0 amide bonds. The van der Waals surface area contributed by atoms with E-state index in [-0.39, 0.29) is 0 Å². The van der Waals surface area contributed by atoms with Crippen LogP contribution in [0.4, 0.5) is 0 Å². The Balaban J connectivity index is 1.61. The Kier molecular flexibility index (Phi) is 4.66. The maximum absolute atomic E-state index is 12.3. The smallest absolute Gasteiger partial charge is 0.137 e. The summed E-state index contributed by atoms with van der Waals surface area (Å²) < 4.78 is 0. The molecule has 0 radical (unpaired) electrons. The number of Topliss-reactive ketones (excluding diaryl/α,β-unsaturated/α-hetero) is 1. The third-order valence-corrected chi connectivity index (χ3v) is 4.45. The number of hydrogen-bond acceptors (Lipinski definition) is 2. The number of nitrogens with one attached hydrogen (secondary N) is 1. The van der Waals surface area contributed by atoms with E-state index in [0.29, 0.717) is 24.7 Å². The third-order valence-electron chi connectivity index (χ3n) is 4.45. The number of hydrogen-bond donors (Lipinski definition) is 1. The summed E-state index contributed by atoms with van der Waals surface area (Å²) in [5, 5.41) is 5.95. The summed E-state index contributed by atoms with van der Waals surface area (Å²) >= 11 is 0. The van der Waals surface area contributed by atoms with Crippen LogP contribution in [0, 0.1) is 0 Å². The number of carbonyl (C=O) groups is 1. The summed E-state index contributed by atoms with van der Waals surface area (Å²) in [5.74, 6) is 0.360. The van der Waals surface area contributed by atoms with Crippen molar-refractivity contribution in [2.45, 2.75) is 44.6 Å². The van der Waals surface area contributed by atoms with E-state index < -0.39 is 0 Å². The minimum Gasteiger partial charge on any atom is -0.314 e. The van der Waals surface area contributed by atoms with Gasteiger partial charge in [-0.15, -0.1) is 0 Å². The molecule has 2 heteroatoms. The quantitative estimate of drug-likeness (QED) is 0.901. The molecule has 1 fully saturated rings. The van der Waals surface area contributed by atoms with E-state index in [1.165, 1.54) is 30.0 Å². The molecular weight excluding hydrogens is 258 g/mol. The maximum Gasteiger partial charge on any atom is 0.137 e. The van der Waals surface area contributed by atoms with E-state index in [1.807, 2.05) is 18.2 Å². The minimum atomic E-state index is 0.360. The summed E-state index contributed by atoms with van der Waals surface area (Å²) in [5.41, 5.74) is 1.16. The Morgan fingerprint density at radius 1 is 1.10 bits per heavy atom. The number of ketones is 1. The molecule has 2 nitrogen and oxygen atoms in total. The molecule has 2 aromatic rings. The van der Waals surface area contributed by atoms with Crippen LogP contribution < -0.4 is 5.32 Å². The minimum absolute atomic E-state index is 0.360. The van der Waals surface area contributed by atoms with Crippen LogP contribution in [-0.2, 0) is 11.2 Å². The maximum atomic E-state index is 12.3. The van der Waals surface area contributed by atoms with Crippen LogP contribution in [0.15, 0.2) is 42.5 Å². The first-order valence-corrected chi connectivity index (χ1v) is 8.04. The summed E-state index contributed by atoms with van der Waals surface area (Å²) in [6.45, 7) is 1.11. The largest absolute Gasteiger partial charge is 0.314 e. The molecule has 1 saturated heterocycles. The molecule has 0 bridgehead atoms. The molecule has 0 aliphatic carbocycles. The van der Waals surface area contributed by atoms with Gasteiger partial charge in [0.25, 0.3) is 0 Å². The zero-order valence-corrected chi connectivity index (χ0v) is 12.5. The first kappa shape index (κ1) is 14.3. The van der Waals surface area contributed by atoms with Crippen molar-refractivity contribution in [2.75, 3.05) is 6.54 Å². The number of benzene rings is 2. The molecule has 1 aliphatic rings. The molecule has 1 heterocycles. The molecule has 0 aromatic heterocycles. The third kappa shape index (κ3) is 3.70. The highest BCUT2D eigenvalue weighted by atomic mass is 16.1. The summed E-state index contributed by atoms with van der Waals surface area (Å²) in [4.78, 5) is 12.3. The molecule has 1 atom stereocenters. The highest BCUT2D eigenvalue weighted by Gasteiger charge is 2.14. The Hall–Kier alpha value is -1.67. The summed E-state index contributed by atoms with van der Waals surface area (Å²) in [6.07, 6.45) is 6.05. The zero-order valence-electron chi connectivity index (χ0n) is 12.5. The lowest BCUT2D eigenvalue weighted by molar-refractivity contribution is -0.118. The zero-order chi connectivity index (χ0) is 14.5. The van der Waals surface area contributed by atoms with E-state index in [0.717, 1.165) is 18.5 Å². The van der Waals surface area contributed by atoms with E-state index in [2.05, 4.69) is 29.6 Å². The van der Waals surface area contributed by atoms with E-state index >= 15 is 0 Å². The van der Waals surface area contributed by atoms with Gasteiger partial charge in [-0.25, -0.2) is 0 Å². The van der Waals surface area contributed by atoms with Gasteiger partial charge in [0.15, 0.2) is 0 Å². The predicted molar refractivity (Wildman–Crippen MR) is 87.5 cm³/mol. The first-order valence-electron chi connectivity index (χ1n) is 8.04. The van der Waals surface area contributed by atoms with Crippen molar-refractivity contribution in [1.29, 1.82) is 0 Å². The van der Waals surface area contributed by atoms with Crippen molar-refractivity contribution in [2.24, 2.45) is 0 Å².